The molecule has 2 aliphatic heterocycles. The number of methoxy groups -OCH3 is 2. The number of rotatable bonds is 8. The molecule has 4 amide bonds. The average Bonchev–Trinajstić information content (AvgIpc) is 3.55. The highest BCUT2D eigenvalue weighted by molar-refractivity contribution is 7.89. The van der Waals surface area contributed by atoms with Crippen LogP contribution < -0.4 is 30.7 Å². The molecule has 3 atom stereocenters. The fourth-order valence-corrected chi connectivity index (χ4v) is 8.08. The molecule has 3 aromatic rings. The first-order valence-corrected chi connectivity index (χ1v) is 19.7. The molecule has 4 N–H and O–H groups in total. The second kappa shape index (κ2) is 17.9. The van der Waals surface area contributed by atoms with Crippen molar-refractivity contribution in [3.63, 3.8) is 0 Å². The number of fused-ring (bicyclic) bond motifs is 2. The molecular formula is C37H50N8O8S. The maximum absolute atomic E-state index is 14.0. The summed E-state index contributed by atoms with van der Waals surface area (Å²) in [5.74, 6) is 0.376. The van der Waals surface area contributed by atoms with Crippen molar-refractivity contribution >= 4 is 39.3 Å². The van der Waals surface area contributed by atoms with Gasteiger partial charge in [0.15, 0.2) is 17.3 Å². The number of ether oxygens (including phenoxy) is 2. The molecule has 2 aliphatic rings. The minimum Gasteiger partial charge on any atom is -0.493 e. The summed E-state index contributed by atoms with van der Waals surface area (Å²) in [7, 11) is -0.911. The quantitative estimate of drug-likeness (QED) is 0.264. The summed E-state index contributed by atoms with van der Waals surface area (Å²) >= 11 is 0. The van der Waals surface area contributed by atoms with Gasteiger partial charge in [0.25, 0.3) is 0 Å². The van der Waals surface area contributed by atoms with E-state index in [1.165, 1.54) is 15.1 Å². The van der Waals surface area contributed by atoms with Gasteiger partial charge in [0, 0.05) is 44.6 Å². The van der Waals surface area contributed by atoms with E-state index in [-0.39, 0.29) is 74.0 Å². The van der Waals surface area contributed by atoms with Gasteiger partial charge in [-0.1, -0.05) is 26.3 Å². The first-order chi connectivity index (χ1) is 25.8. The summed E-state index contributed by atoms with van der Waals surface area (Å²) in [5.41, 5.74) is 2.15. The van der Waals surface area contributed by atoms with Crippen molar-refractivity contribution in [3.05, 3.63) is 59.2 Å². The predicted molar refractivity (Wildman–Crippen MR) is 199 cm³/mol. The third-order valence-corrected chi connectivity index (χ3v) is 11.6. The van der Waals surface area contributed by atoms with Crippen LogP contribution in [0.15, 0.2) is 41.3 Å². The zero-order valence-electron chi connectivity index (χ0n) is 31.4. The number of anilines is 1. The molecule has 3 heterocycles. The second-order valence-corrected chi connectivity index (χ2v) is 15.6. The molecule has 54 heavy (non-hydrogen) atoms. The first-order valence-electron chi connectivity index (χ1n) is 18.3. The van der Waals surface area contributed by atoms with E-state index in [0.29, 0.717) is 54.5 Å². The Bertz CT molecular complexity index is 1970. The molecule has 0 aliphatic carbocycles. The normalized spacial score (nSPS) is 20.2. The Hall–Kier alpha value is -5.03. The van der Waals surface area contributed by atoms with E-state index < -0.39 is 28.0 Å². The summed E-state index contributed by atoms with van der Waals surface area (Å²) in [6.45, 7) is 5.63. The summed E-state index contributed by atoms with van der Waals surface area (Å²) in [5, 5.41) is 16.1. The van der Waals surface area contributed by atoms with E-state index in [4.69, 9.17) is 14.5 Å². The van der Waals surface area contributed by atoms with Gasteiger partial charge in [-0.2, -0.15) is 9.40 Å². The van der Waals surface area contributed by atoms with Crippen molar-refractivity contribution in [3.8, 4) is 11.5 Å². The summed E-state index contributed by atoms with van der Waals surface area (Å²) < 4.78 is 41.5. The lowest BCUT2D eigenvalue weighted by Crippen LogP contribution is -2.51. The van der Waals surface area contributed by atoms with E-state index in [2.05, 4.69) is 26.4 Å². The fraction of sp³-hybridized carbons (Fsp3) is 0.514. The molecule has 5 rings (SSSR count). The first kappa shape index (κ1) is 40.2. The molecule has 0 unspecified atom stereocenters. The number of nitrogens with zero attached hydrogens (tertiary/aromatic N) is 4. The van der Waals surface area contributed by atoms with Crippen molar-refractivity contribution in [1.29, 1.82) is 0 Å². The van der Waals surface area contributed by atoms with Gasteiger partial charge in [-0.3, -0.25) is 19.2 Å². The lowest BCUT2D eigenvalue weighted by Gasteiger charge is -2.26. The number of hydrogen-bond donors (Lipinski definition) is 4. The van der Waals surface area contributed by atoms with Gasteiger partial charge >= 0.3 is 0 Å². The fourth-order valence-electron chi connectivity index (χ4n) is 6.52. The predicted octanol–water partition coefficient (Wildman–Crippen LogP) is 2.47. The number of amides is 4. The maximum Gasteiger partial charge on any atom is 0.243 e. The lowest BCUT2D eigenvalue weighted by molar-refractivity contribution is -0.130. The highest BCUT2D eigenvalue weighted by Gasteiger charge is 2.30. The Morgan fingerprint density at radius 1 is 0.907 bits per heavy atom. The van der Waals surface area contributed by atoms with Gasteiger partial charge in [0.1, 0.15) is 18.4 Å². The molecule has 0 fully saturated rings. The van der Waals surface area contributed by atoms with Crippen LogP contribution in [0.1, 0.15) is 81.7 Å². The maximum atomic E-state index is 14.0. The van der Waals surface area contributed by atoms with E-state index in [1.807, 2.05) is 26.0 Å². The highest BCUT2D eigenvalue weighted by Crippen LogP contribution is 2.29. The summed E-state index contributed by atoms with van der Waals surface area (Å²) in [6, 6.07) is 8.55. The third-order valence-electron chi connectivity index (χ3n) is 9.73. The molecule has 0 saturated heterocycles. The molecule has 292 valence electrons. The van der Waals surface area contributed by atoms with Crippen LogP contribution in [0.5, 0.6) is 11.5 Å². The monoisotopic (exact) mass is 766 g/mol. The summed E-state index contributed by atoms with van der Waals surface area (Å²) in [6.07, 6.45) is 2.09. The average molecular weight is 767 g/mol. The molecular weight excluding hydrogens is 717 g/mol. The van der Waals surface area contributed by atoms with Crippen molar-refractivity contribution in [2.75, 3.05) is 39.2 Å². The Balaban J connectivity index is 1.40. The van der Waals surface area contributed by atoms with Crippen LogP contribution in [-0.2, 0) is 48.6 Å². The van der Waals surface area contributed by atoms with Crippen LogP contribution >= 0.6 is 0 Å². The number of sulfonamides is 1. The molecule has 16 nitrogen and oxygen atoms in total. The minimum atomic E-state index is -4.01. The van der Waals surface area contributed by atoms with Crippen molar-refractivity contribution in [1.82, 2.24) is 35.0 Å². The molecule has 1 aromatic heterocycles. The third kappa shape index (κ3) is 9.74. The van der Waals surface area contributed by atoms with Crippen LogP contribution in [-0.4, -0.2) is 91.0 Å². The Morgan fingerprint density at radius 3 is 2.41 bits per heavy atom. The number of carbonyl (C=O) groups is 4. The van der Waals surface area contributed by atoms with Crippen LogP contribution in [0.2, 0.25) is 0 Å². The number of hydrogen-bond acceptors (Lipinski definition) is 10. The van der Waals surface area contributed by atoms with Gasteiger partial charge in [0.2, 0.25) is 33.7 Å². The van der Waals surface area contributed by atoms with Crippen LogP contribution in [0.25, 0.3) is 0 Å². The zero-order chi connectivity index (χ0) is 39.0. The molecule has 17 heteroatoms. The van der Waals surface area contributed by atoms with E-state index >= 15 is 0 Å². The molecule has 2 aromatic carbocycles. The molecule has 0 bridgehead atoms. The SMILES string of the molecule is CC[C@H](C)[C@@H]1NC(=O)CCCN(S(=O)(=O)c2ccc3c(c2)CCC(=O)N3)CCCNC(=O)Cn2nc(Cc3ccc(OC)c(OC)c3)nc2[C@@H](C)NC1=O. The summed E-state index contributed by atoms with van der Waals surface area (Å²) in [4.78, 5) is 56.9. The number of aryl methyl sites for hydroxylation is 1. The topological polar surface area (TPSA) is 203 Å². The number of nitrogens with one attached hydrogen (secondary N) is 4. The van der Waals surface area contributed by atoms with E-state index in [0.717, 1.165) is 11.1 Å². The van der Waals surface area contributed by atoms with Crippen LogP contribution in [0, 0.1) is 5.92 Å². The van der Waals surface area contributed by atoms with Gasteiger partial charge in [-0.25, -0.2) is 18.1 Å². The lowest BCUT2D eigenvalue weighted by atomic mass is 9.97. The molecule has 0 saturated carbocycles. The van der Waals surface area contributed by atoms with Crippen molar-refractivity contribution < 1.29 is 37.1 Å². The molecule has 0 radical (unpaired) electrons. The number of carbonyl (C=O) groups excluding carboxylic acids is 4. The minimum absolute atomic E-state index is 0.0113. The van der Waals surface area contributed by atoms with Crippen LogP contribution in [0.3, 0.4) is 0 Å². The number of aromatic nitrogens is 3. The van der Waals surface area contributed by atoms with E-state index in [9.17, 15) is 27.6 Å². The Morgan fingerprint density at radius 2 is 1.67 bits per heavy atom. The largest absolute Gasteiger partial charge is 0.493 e. The zero-order valence-corrected chi connectivity index (χ0v) is 32.3. The molecule has 0 spiro atoms. The standard InChI is InChI=1S/C37H50N8O8S/c1-6-23(2)35-37(49)39-24(3)36-41-31(20-25-10-14-29(52-4)30(19-25)53-5)43-45(36)22-34(48)38-16-8-18-44(17-7-9-32(46)42-35)54(50,51)27-12-13-28-26(21-27)11-15-33(47)40-28/h10,12-14,19,21,23-24,35H,6-9,11,15-18,20,22H2,1-5H3,(H,38,48)(H,39,49)(H,40,47)(H,42,46)/t23-,24+,35-/m0/s1. The smallest absolute Gasteiger partial charge is 0.243 e. The van der Waals surface area contributed by atoms with Gasteiger partial charge < -0.3 is 30.7 Å². The van der Waals surface area contributed by atoms with Gasteiger partial charge in [0.05, 0.1) is 25.2 Å². The second-order valence-electron chi connectivity index (χ2n) is 13.6. The Labute approximate surface area is 315 Å². The highest BCUT2D eigenvalue weighted by atomic mass is 32.2. The van der Waals surface area contributed by atoms with E-state index in [1.54, 1.807) is 39.3 Å². The Kier molecular flexibility index (Phi) is 13.3. The van der Waals surface area contributed by atoms with Gasteiger partial charge in [-0.15, -0.1) is 0 Å². The van der Waals surface area contributed by atoms with Crippen molar-refractivity contribution in [2.45, 2.75) is 89.2 Å². The number of benzene rings is 2. The van der Waals surface area contributed by atoms with Gasteiger partial charge in [-0.05, 0) is 73.6 Å². The van der Waals surface area contributed by atoms with Crippen LogP contribution in [0.4, 0.5) is 5.69 Å². The van der Waals surface area contributed by atoms with Crippen molar-refractivity contribution in [2.24, 2.45) is 5.92 Å².